The highest BCUT2D eigenvalue weighted by atomic mass is 16.3. The molecule has 0 amide bonds. The molecule has 3 rings (SSSR count). The van der Waals surface area contributed by atoms with Gasteiger partial charge in [-0.3, -0.25) is 0 Å². The number of quaternary nitrogens is 1. The highest BCUT2D eigenvalue weighted by Crippen LogP contribution is 2.42. The molecule has 2 nitrogen and oxygen atoms in total. The van der Waals surface area contributed by atoms with Crippen LogP contribution in [-0.4, -0.2) is 42.9 Å². The predicted octanol–water partition coefficient (Wildman–Crippen LogP) is 3.20. The Morgan fingerprint density at radius 2 is 1.41 bits per heavy atom. The van der Waals surface area contributed by atoms with Gasteiger partial charge in [-0.05, 0) is 24.0 Å². The maximum atomic E-state index is 11.2. The molecular formula is C20H26NO+. The summed E-state index contributed by atoms with van der Waals surface area (Å²) >= 11 is 0. The zero-order valence-electron chi connectivity index (χ0n) is 13.6. The van der Waals surface area contributed by atoms with Crippen molar-refractivity contribution in [2.45, 2.75) is 24.4 Å². The lowest BCUT2D eigenvalue weighted by molar-refractivity contribution is -0.892. The Balaban J connectivity index is 2.15. The van der Waals surface area contributed by atoms with Crippen molar-refractivity contribution in [1.82, 2.24) is 0 Å². The second-order valence-electron chi connectivity index (χ2n) is 7.16. The number of aliphatic hydroxyl groups excluding tert-OH is 1. The fraction of sp³-hybridized carbons (Fsp3) is 0.400. The second kappa shape index (κ2) is 5.86. The van der Waals surface area contributed by atoms with Crippen molar-refractivity contribution in [2.24, 2.45) is 0 Å². The SMILES string of the molecule is C[N+]1(C)CCCC(c2ccccc2)(c2ccccc2)[C@@H](O)C1. The van der Waals surface area contributed by atoms with Crippen LogP contribution in [0.4, 0.5) is 0 Å². The fourth-order valence-corrected chi connectivity index (χ4v) is 3.98. The third-order valence-electron chi connectivity index (χ3n) is 5.15. The smallest absolute Gasteiger partial charge is 0.117 e. The molecule has 0 saturated carbocycles. The molecule has 2 aromatic rings. The Morgan fingerprint density at radius 1 is 0.909 bits per heavy atom. The van der Waals surface area contributed by atoms with E-state index in [1.54, 1.807) is 0 Å². The highest BCUT2D eigenvalue weighted by molar-refractivity contribution is 5.41. The van der Waals surface area contributed by atoms with Gasteiger partial charge >= 0.3 is 0 Å². The molecule has 1 aliphatic heterocycles. The maximum absolute atomic E-state index is 11.2. The van der Waals surface area contributed by atoms with Gasteiger partial charge < -0.3 is 9.59 Å². The zero-order valence-corrected chi connectivity index (χ0v) is 13.6. The van der Waals surface area contributed by atoms with E-state index in [1.165, 1.54) is 11.1 Å². The van der Waals surface area contributed by atoms with Gasteiger partial charge in [0.05, 0.1) is 26.1 Å². The third-order valence-corrected chi connectivity index (χ3v) is 5.15. The lowest BCUT2D eigenvalue weighted by Gasteiger charge is -2.39. The van der Waals surface area contributed by atoms with Crippen molar-refractivity contribution in [2.75, 3.05) is 27.2 Å². The molecule has 0 bridgehead atoms. The lowest BCUT2D eigenvalue weighted by atomic mass is 9.68. The fourth-order valence-electron chi connectivity index (χ4n) is 3.98. The average molecular weight is 296 g/mol. The number of benzene rings is 2. The van der Waals surface area contributed by atoms with E-state index in [0.29, 0.717) is 0 Å². The lowest BCUT2D eigenvalue weighted by Crippen LogP contribution is -2.50. The van der Waals surface area contributed by atoms with Crippen LogP contribution in [-0.2, 0) is 5.41 Å². The second-order valence-corrected chi connectivity index (χ2v) is 7.16. The van der Waals surface area contributed by atoms with Crippen molar-refractivity contribution in [3.8, 4) is 0 Å². The largest absolute Gasteiger partial charge is 0.386 e. The minimum absolute atomic E-state index is 0.297. The summed E-state index contributed by atoms with van der Waals surface area (Å²) in [4.78, 5) is 0. The molecule has 22 heavy (non-hydrogen) atoms. The van der Waals surface area contributed by atoms with E-state index in [0.717, 1.165) is 30.4 Å². The minimum Gasteiger partial charge on any atom is -0.386 e. The van der Waals surface area contributed by atoms with Gasteiger partial charge in [0.15, 0.2) is 0 Å². The normalized spacial score (nSPS) is 23.7. The summed E-state index contributed by atoms with van der Waals surface area (Å²) in [6, 6.07) is 21.1. The van der Waals surface area contributed by atoms with E-state index in [9.17, 15) is 5.11 Å². The summed E-state index contributed by atoms with van der Waals surface area (Å²) in [7, 11) is 4.44. The molecule has 1 aliphatic rings. The number of hydrogen-bond acceptors (Lipinski definition) is 1. The standard InChI is InChI=1S/C20H26NO/c1-21(2)15-9-14-20(19(22)16-21,17-10-5-3-6-11-17)18-12-7-4-8-13-18/h3-8,10-13,19,22H,9,14-16H2,1-2H3/q+1/t19-/m0/s1. The van der Waals surface area contributed by atoms with Crippen molar-refractivity contribution in [3.63, 3.8) is 0 Å². The predicted molar refractivity (Wildman–Crippen MR) is 90.7 cm³/mol. The summed E-state index contributed by atoms with van der Waals surface area (Å²) in [5.74, 6) is 0. The molecule has 1 saturated heterocycles. The highest BCUT2D eigenvalue weighted by Gasteiger charge is 2.46. The van der Waals surface area contributed by atoms with E-state index in [-0.39, 0.29) is 11.5 Å². The van der Waals surface area contributed by atoms with Gasteiger partial charge in [0.25, 0.3) is 0 Å². The molecule has 1 atom stereocenters. The monoisotopic (exact) mass is 296 g/mol. The van der Waals surface area contributed by atoms with E-state index in [4.69, 9.17) is 0 Å². The van der Waals surface area contributed by atoms with Crippen LogP contribution in [0, 0.1) is 0 Å². The summed E-state index contributed by atoms with van der Waals surface area (Å²) in [6.07, 6.45) is 1.73. The number of nitrogens with zero attached hydrogens (tertiary/aromatic N) is 1. The Labute approximate surface area is 133 Å². The molecule has 116 valence electrons. The number of likely N-dealkylation sites (N-methyl/N-ethyl adjacent to an activating group) is 1. The van der Waals surface area contributed by atoms with Gasteiger partial charge in [0.2, 0.25) is 0 Å². The van der Waals surface area contributed by atoms with Crippen LogP contribution in [0.15, 0.2) is 60.7 Å². The van der Waals surface area contributed by atoms with Crippen molar-refractivity contribution in [1.29, 1.82) is 0 Å². The van der Waals surface area contributed by atoms with Gasteiger partial charge in [-0.25, -0.2) is 0 Å². The van der Waals surface area contributed by atoms with Crippen molar-refractivity contribution < 1.29 is 9.59 Å². The molecule has 1 N–H and O–H groups in total. The zero-order chi connectivity index (χ0) is 15.6. The number of rotatable bonds is 2. The number of aliphatic hydroxyl groups is 1. The van der Waals surface area contributed by atoms with Crippen LogP contribution in [0.1, 0.15) is 24.0 Å². The van der Waals surface area contributed by atoms with E-state index in [1.807, 2.05) is 12.1 Å². The first-order chi connectivity index (χ1) is 10.5. The van der Waals surface area contributed by atoms with Crippen LogP contribution >= 0.6 is 0 Å². The van der Waals surface area contributed by atoms with Crippen LogP contribution < -0.4 is 0 Å². The van der Waals surface area contributed by atoms with E-state index >= 15 is 0 Å². The first kappa shape index (κ1) is 15.3. The molecule has 2 heteroatoms. The summed E-state index contributed by atoms with van der Waals surface area (Å²) < 4.78 is 0.878. The molecule has 0 radical (unpaired) electrons. The van der Waals surface area contributed by atoms with Gasteiger partial charge in [-0.15, -0.1) is 0 Å². The van der Waals surface area contributed by atoms with Crippen molar-refractivity contribution >= 4 is 0 Å². The van der Waals surface area contributed by atoms with Gasteiger partial charge in [0, 0.05) is 0 Å². The van der Waals surface area contributed by atoms with E-state index in [2.05, 4.69) is 62.6 Å². The van der Waals surface area contributed by atoms with Crippen LogP contribution in [0.25, 0.3) is 0 Å². The Bertz CT molecular complexity index is 567. The molecule has 0 unspecified atom stereocenters. The van der Waals surface area contributed by atoms with Gasteiger partial charge in [-0.1, -0.05) is 60.7 Å². The molecule has 1 heterocycles. The average Bonchev–Trinajstić information content (AvgIpc) is 2.64. The minimum atomic E-state index is -0.380. The maximum Gasteiger partial charge on any atom is 0.117 e. The Hall–Kier alpha value is -1.64. The Morgan fingerprint density at radius 3 is 1.91 bits per heavy atom. The van der Waals surface area contributed by atoms with Crippen LogP contribution in [0.2, 0.25) is 0 Å². The summed E-state index contributed by atoms with van der Waals surface area (Å²) in [6.45, 7) is 1.89. The van der Waals surface area contributed by atoms with Gasteiger partial charge in [0.1, 0.15) is 12.6 Å². The molecular weight excluding hydrogens is 270 g/mol. The number of likely N-dealkylation sites (tertiary alicyclic amines) is 1. The molecule has 0 aliphatic carbocycles. The van der Waals surface area contributed by atoms with Crippen molar-refractivity contribution in [3.05, 3.63) is 71.8 Å². The molecule has 0 aromatic heterocycles. The molecule has 2 aromatic carbocycles. The first-order valence-electron chi connectivity index (χ1n) is 8.16. The van der Waals surface area contributed by atoms with Gasteiger partial charge in [-0.2, -0.15) is 0 Å². The molecule has 0 spiro atoms. The van der Waals surface area contributed by atoms with Crippen LogP contribution in [0.5, 0.6) is 0 Å². The third kappa shape index (κ3) is 2.69. The molecule has 1 fully saturated rings. The van der Waals surface area contributed by atoms with Crippen LogP contribution in [0.3, 0.4) is 0 Å². The number of hydrogen-bond donors (Lipinski definition) is 1. The topological polar surface area (TPSA) is 20.2 Å². The summed E-state index contributed by atoms with van der Waals surface area (Å²) in [5, 5.41) is 11.2. The summed E-state index contributed by atoms with van der Waals surface area (Å²) in [5.41, 5.74) is 2.17. The van der Waals surface area contributed by atoms with E-state index < -0.39 is 0 Å². The quantitative estimate of drug-likeness (QED) is 0.844. The first-order valence-corrected chi connectivity index (χ1v) is 8.16. The Kier molecular flexibility index (Phi) is 4.07.